The quantitative estimate of drug-likeness (QED) is 0.395. The number of benzene rings is 2. The Kier molecular flexibility index (Phi) is 4.09. The van der Waals surface area contributed by atoms with E-state index >= 15 is 0 Å². The Bertz CT molecular complexity index is 1200. The number of carbonyl (C=O) groups excluding carboxylic acids is 1. The van der Waals surface area contributed by atoms with Gasteiger partial charge in [-0.25, -0.2) is 4.98 Å². The number of aryl methyl sites for hydroxylation is 1. The number of fused-ring (bicyclic) bond motifs is 2. The third-order valence-corrected chi connectivity index (χ3v) is 5.95. The van der Waals surface area contributed by atoms with Gasteiger partial charge in [-0.2, -0.15) is 4.99 Å². The number of rotatable bonds is 3. The Morgan fingerprint density at radius 3 is 2.77 bits per heavy atom. The summed E-state index contributed by atoms with van der Waals surface area (Å²) in [4.78, 5) is 32.2. The van der Waals surface area contributed by atoms with E-state index in [9.17, 15) is 14.9 Å². The SMILES string of the molecule is CCn1c(=NC(=O)c2nc3ccccc3s2)sc2ccc([N+](=O)[O-])cc21. The molecule has 0 spiro atoms. The summed E-state index contributed by atoms with van der Waals surface area (Å²) in [6, 6.07) is 12.2. The van der Waals surface area contributed by atoms with Crippen LogP contribution >= 0.6 is 22.7 Å². The molecule has 0 N–H and O–H groups in total. The summed E-state index contributed by atoms with van der Waals surface area (Å²) in [7, 11) is 0. The molecule has 0 atom stereocenters. The lowest BCUT2D eigenvalue weighted by atomic mass is 10.3. The van der Waals surface area contributed by atoms with Crippen molar-refractivity contribution in [2.24, 2.45) is 4.99 Å². The third kappa shape index (κ3) is 2.80. The smallest absolute Gasteiger partial charge is 0.308 e. The van der Waals surface area contributed by atoms with Crippen LogP contribution in [0.2, 0.25) is 0 Å². The molecular formula is C17H12N4O3S2. The minimum absolute atomic E-state index is 0.0153. The highest BCUT2D eigenvalue weighted by atomic mass is 32.1. The summed E-state index contributed by atoms with van der Waals surface area (Å²) in [5, 5.41) is 11.3. The molecule has 0 bridgehead atoms. The molecule has 2 aromatic heterocycles. The van der Waals surface area contributed by atoms with Gasteiger partial charge in [0.05, 0.1) is 25.4 Å². The summed E-state index contributed by atoms with van der Waals surface area (Å²) in [6.45, 7) is 2.46. The summed E-state index contributed by atoms with van der Waals surface area (Å²) >= 11 is 2.63. The van der Waals surface area contributed by atoms with Crippen molar-refractivity contribution in [3.63, 3.8) is 0 Å². The summed E-state index contributed by atoms with van der Waals surface area (Å²) in [5.41, 5.74) is 1.48. The second-order valence-corrected chi connectivity index (χ2v) is 7.48. The van der Waals surface area contributed by atoms with E-state index in [1.54, 1.807) is 10.6 Å². The van der Waals surface area contributed by atoms with Crippen molar-refractivity contribution in [1.29, 1.82) is 0 Å². The molecule has 0 aliphatic heterocycles. The highest BCUT2D eigenvalue weighted by molar-refractivity contribution is 7.20. The average molecular weight is 384 g/mol. The van der Waals surface area contributed by atoms with Crippen LogP contribution in [0.3, 0.4) is 0 Å². The fourth-order valence-corrected chi connectivity index (χ4v) is 4.58. The van der Waals surface area contributed by atoms with Gasteiger partial charge in [0.15, 0.2) is 9.81 Å². The van der Waals surface area contributed by atoms with E-state index in [2.05, 4.69) is 9.98 Å². The van der Waals surface area contributed by atoms with Crippen molar-refractivity contribution >= 4 is 54.7 Å². The van der Waals surface area contributed by atoms with Crippen LogP contribution in [0.25, 0.3) is 20.4 Å². The molecule has 26 heavy (non-hydrogen) atoms. The maximum Gasteiger partial charge on any atom is 0.308 e. The number of nitrogens with zero attached hydrogens (tertiary/aromatic N) is 4. The summed E-state index contributed by atoms with van der Waals surface area (Å²) in [6.07, 6.45) is 0. The predicted molar refractivity (Wildman–Crippen MR) is 102 cm³/mol. The third-order valence-electron chi connectivity index (χ3n) is 3.87. The van der Waals surface area contributed by atoms with Crippen LogP contribution in [0, 0.1) is 10.1 Å². The van der Waals surface area contributed by atoms with E-state index in [1.807, 2.05) is 31.2 Å². The standard InChI is InChI=1S/C17H12N4O3S2/c1-2-20-12-9-10(21(23)24)7-8-14(12)26-17(20)19-15(22)16-18-11-5-3-4-6-13(11)25-16/h3-9H,2H2,1H3. The fraction of sp³-hybridized carbons (Fsp3) is 0.118. The molecule has 2 heterocycles. The monoisotopic (exact) mass is 384 g/mol. The highest BCUT2D eigenvalue weighted by Crippen LogP contribution is 2.24. The first kappa shape index (κ1) is 16.6. The Morgan fingerprint density at radius 2 is 2.04 bits per heavy atom. The van der Waals surface area contributed by atoms with Crippen molar-refractivity contribution in [2.45, 2.75) is 13.5 Å². The molecule has 0 saturated heterocycles. The largest absolute Gasteiger partial charge is 0.316 e. The molecular weight excluding hydrogens is 372 g/mol. The van der Waals surface area contributed by atoms with Crippen molar-refractivity contribution in [3.05, 3.63) is 62.4 Å². The first-order valence-corrected chi connectivity index (χ1v) is 9.42. The summed E-state index contributed by atoms with van der Waals surface area (Å²) < 4.78 is 3.58. The van der Waals surface area contributed by atoms with Gasteiger partial charge in [-0.1, -0.05) is 23.5 Å². The molecule has 4 aromatic rings. The van der Waals surface area contributed by atoms with Gasteiger partial charge in [0.2, 0.25) is 0 Å². The molecule has 0 radical (unpaired) electrons. The highest BCUT2D eigenvalue weighted by Gasteiger charge is 2.14. The second-order valence-electron chi connectivity index (χ2n) is 5.44. The van der Waals surface area contributed by atoms with Gasteiger partial charge >= 0.3 is 5.91 Å². The normalized spacial score (nSPS) is 12.1. The van der Waals surface area contributed by atoms with Gasteiger partial charge in [0.1, 0.15) is 0 Å². The molecule has 1 amide bonds. The lowest BCUT2D eigenvalue weighted by molar-refractivity contribution is -0.384. The van der Waals surface area contributed by atoms with Crippen molar-refractivity contribution in [2.75, 3.05) is 0 Å². The minimum atomic E-state index is -0.430. The van der Waals surface area contributed by atoms with Crippen molar-refractivity contribution < 1.29 is 9.72 Å². The zero-order valence-electron chi connectivity index (χ0n) is 13.6. The second kappa shape index (κ2) is 6.43. The maximum atomic E-state index is 12.6. The topological polar surface area (TPSA) is 90.4 Å². The number of amides is 1. The Hall–Kier alpha value is -2.91. The van der Waals surface area contributed by atoms with Gasteiger partial charge in [-0.15, -0.1) is 11.3 Å². The van der Waals surface area contributed by atoms with Crippen LogP contribution in [-0.2, 0) is 6.54 Å². The van der Waals surface area contributed by atoms with Crippen LogP contribution in [0.5, 0.6) is 0 Å². The number of nitro benzene ring substituents is 1. The van der Waals surface area contributed by atoms with E-state index < -0.39 is 10.8 Å². The lowest BCUT2D eigenvalue weighted by Gasteiger charge is -1.99. The number of aromatic nitrogens is 2. The summed E-state index contributed by atoms with van der Waals surface area (Å²) in [5.74, 6) is -0.408. The number of non-ortho nitro benzene ring substituents is 1. The van der Waals surface area contributed by atoms with E-state index in [1.165, 1.54) is 34.8 Å². The van der Waals surface area contributed by atoms with Crippen LogP contribution in [0.15, 0.2) is 47.5 Å². The zero-order chi connectivity index (χ0) is 18.3. The number of hydrogen-bond donors (Lipinski definition) is 0. The molecule has 0 fully saturated rings. The zero-order valence-corrected chi connectivity index (χ0v) is 15.2. The van der Waals surface area contributed by atoms with E-state index in [-0.39, 0.29) is 5.69 Å². The maximum absolute atomic E-state index is 12.6. The van der Waals surface area contributed by atoms with Crippen molar-refractivity contribution in [1.82, 2.24) is 9.55 Å². The molecule has 9 heteroatoms. The van der Waals surface area contributed by atoms with Crippen LogP contribution < -0.4 is 4.80 Å². The van der Waals surface area contributed by atoms with Gasteiger partial charge in [0, 0.05) is 18.7 Å². The van der Waals surface area contributed by atoms with Gasteiger partial charge in [0.25, 0.3) is 5.69 Å². The van der Waals surface area contributed by atoms with Crippen LogP contribution in [0.1, 0.15) is 16.7 Å². The average Bonchev–Trinajstić information content (AvgIpc) is 3.21. The Morgan fingerprint density at radius 1 is 1.23 bits per heavy atom. The van der Waals surface area contributed by atoms with Crippen LogP contribution in [0.4, 0.5) is 5.69 Å². The fourth-order valence-electron chi connectivity index (χ4n) is 2.66. The number of nitro groups is 1. The van der Waals surface area contributed by atoms with Gasteiger partial charge in [-0.05, 0) is 25.1 Å². The number of thiazole rings is 2. The molecule has 130 valence electrons. The van der Waals surface area contributed by atoms with Gasteiger partial charge < -0.3 is 4.57 Å². The number of carbonyl (C=O) groups is 1. The molecule has 0 unspecified atom stereocenters. The van der Waals surface area contributed by atoms with Crippen LogP contribution in [-0.4, -0.2) is 20.4 Å². The molecule has 0 saturated carbocycles. The van der Waals surface area contributed by atoms with Crippen molar-refractivity contribution in [3.8, 4) is 0 Å². The minimum Gasteiger partial charge on any atom is -0.316 e. The number of hydrogen-bond acceptors (Lipinski definition) is 6. The first-order chi connectivity index (χ1) is 12.6. The molecule has 2 aromatic carbocycles. The number of para-hydroxylation sites is 1. The van der Waals surface area contributed by atoms with E-state index in [4.69, 9.17) is 0 Å². The Labute approximate surface area is 155 Å². The Balaban J connectivity index is 1.84. The first-order valence-electron chi connectivity index (χ1n) is 7.79. The molecule has 4 rings (SSSR count). The molecule has 0 aliphatic rings. The lowest BCUT2D eigenvalue weighted by Crippen LogP contribution is -2.15. The molecule has 7 nitrogen and oxygen atoms in total. The van der Waals surface area contributed by atoms with E-state index in [0.29, 0.717) is 21.9 Å². The van der Waals surface area contributed by atoms with E-state index in [0.717, 1.165) is 14.9 Å². The predicted octanol–water partition coefficient (Wildman–Crippen LogP) is 3.98. The molecule has 0 aliphatic carbocycles. The van der Waals surface area contributed by atoms with Gasteiger partial charge in [-0.3, -0.25) is 14.9 Å².